The summed E-state index contributed by atoms with van der Waals surface area (Å²) in [6, 6.07) is 8.31. The number of nitrogens with one attached hydrogen (secondary N) is 1. The van der Waals surface area contributed by atoms with Gasteiger partial charge in [-0.15, -0.1) is 0 Å². The molecule has 16 heavy (non-hydrogen) atoms. The summed E-state index contributed by atoms with van der Waals surface area (Å²) in [5, 5.41) is 0. The standard InChI is InChI=1S/C13H12N2O/c16-12(13-14-5-6-15-13)8-10-7-9-3-1-2-4-11(9)10/h1-6,10H,7-8H2,(H,14,15). The third-order valence-corrected chi connectivity index (χ3v) is 3.16. The summed E-state index contributed by atoms with van der Waals surface area (Å²) in [5.74, 6) is 0.961. The quantitative estimate of drug-likeness (QED) is 0.793. The molecule has 1 unspecified atom stereocenters. The van der Waals surface area contributed by atoms with Gasteiger partial charge in [-0.05, 0) is 23.5 Å². The highest BCUT2D eigenvalue weighted by Crippen LogP contribution is 2.37. The van der Waals surface area contributed by atoms with Gasteiger partial charge in [-0.2, -0.15) is 0 Å². The molecule has 0 amide bonds. The van der Waals surface area contributed by atoms with Crippen molar-refractivity contribution in [1.82, 2.24) is 9.97 Å². The molecule has 0 radical (unpaired) electrons. The Morgan fingerprint density at radius 1 is 1.44 bits per heavy atom. The zero-order chi connectivity index (χ0) is 11.0. The number of rotatable bonds is 3. The van der Waals surface area contributed by atoms with Crippen LogP contribution in [0.1, 0.15) is 34.1 Å². The summed E-state index contributed by atoms with van der Waals surface area (Å²) in [6.45, 7) is 0. The maximum absolute atomic E-state index is 11.8. The smallest absolute Gasteiger partial charge is 0.198 e. The Morgan fingerprint density at radius 2 is 2.31 bits per heavy atom. The van der Waals surface area contributed by atoms with E-state index in [1.165, 1.54) is 11.1 Å². The maximum atomic E-state index is 11.8. The number of hydrogen-bond acceptors (Lipinski definition) is 2. The fourth-order valence-electron chi connectivity index (χ4n) is 2.28. The molecule has 0 saturated heterocycles. The number of carbonyl (C=O) groups is 1. The first-order chi connectivity index (χ1) is 7.84. The summed E-state index contributed by atoms with van der Waals surface area (Å²) in [4.78, 5) is 18.7. The van der Waals surface area contributed by atoms with Crippen LogP contribution in [0.3, 0.4) is 0 Å². The van der Waals surface area contributed by atoms with E-state index < -0.39 is 0 Å². The first-order valence-electron chi connectivity index (χ1n) is 5.45. The second-order valence-corrected chi connectivity index (χ2v) is 4.16. The number of imidazole rings is 1. The number of nitrogens with zero attached hydrogens (tertiary/aromatic N) is 1. The lowest BCUT2D eigenvalue weighted by atomic mass is 9.75. The van der Waals surface area contributed by atoms with Crippen LogP contribution < -0.4 is 0 Å². The van der Waals surface area contributed by atoms with Crippen LogP contribution in [-0.2, 0) is 6.42 Å². The molecule has 0 fully saturated rings. The first-order valence-corrected chi connectivity index (χ1v) is 5.45. The van der Waals surface area contributed by atoms with E-state index >= 15 is 0 Å². The lowest BCUT2D eigenvalue weighted by Gasteiger charge is -2.29. The number of aromatic amines is 1. The van der Waals surface area contributed by atoms with Crippen molar-refractivity contribution in [3.05, 3.63) is 53.6 Å². The Morgan fingerprint density at radius 3 is 3.06 bits per heavy atom. The van der Waals surface area contributed by atoms with E-state index in [0.717, 1.165) is 6.42 Å². The van der Waals surface area contributed by atoms with Crippen LogP contribution in [0.25, 0.3) is 0 Å². The van der Waals surface area contributed by atoms with Crippen molar-refractivity contribution in [2.75, 3.05) is 0 Å². The summed E-state index contributed by atoms with van der Waals surface area (Å²) in [5.41, 5.74) is 2.70. The maximum Gasteiger partial charge on any atom is 0.198 e. The predicted octanol–water partition coefficient (Wildman–Crippen LogP) is 2.32. The number of aromatic nitrogens is 2. The number of carbonyl (C=O) groups excluding carboxylic acids is 1. The van der Waals surface area contributed by atoms with Crippen LogP contribution in [0.15, 0.2) is 36.7 Å². The number of ketones is 1. The van der Waals surface area contributed by atoms with Gasteiger partial charge < -0.3 is 4.98 Å². The first kappa shape index (κ1) is 9.33. The third-order valence-electron chi connectivity index (χ3n) is 3.16. The van der Waals surface area contributed by atoms with E-state index in [1.807, 2.05) is 12.1 Å². The van der Waals surface area contributed by atoms with Crippen LogP contribution in [0.2, 0.25) is 0 Å². The molecule has 0 aliphatic heterocycles. The predicted molar refractivity (Wildman–Crippen MR) is 60.4 cm³/mol. The molecule has 3 rings (SSSR count). The van der Waals surface area contributed by atoms with Gasteiger partial charge in [-0.1, -0.05) is 24.3 Å². The summed E-state index contributed by atoms with van der Waals surface area (Å²) in [6.07, 6.45) is 4.87. The van der Waals surface area contributed by atoms with E-state index in [4.69, 9.17) is 0 Å². The molecule has 1 heterocycles. The monoisotopic (exact) mass is 212 g/mol. The molecule has 2 aromatic rings. The highest BCUT2D eigenvalue weighted by Gasteiger charge is 2.28. The minimum absolute atomic E-state index is 0.101. The van der Waals surface area contributed by atoms with E-state index in [-0.39, 0.29) is 5.78 Å². The van der Waals surface area contributed by atoms with Crippen molar-refractivity contribution in [3.63, 3.8) is 0 Å². The number of fused-ring (bicyclic) bond motifs is 1. The van der Waals surface area contributed by atoms with E-state index in [9.17, 15) is 4.79 Å². The highest BCUT2D eigenvalue weighted by molar-refractivity contribution is 5.93. The van der Waals surface area contributed by atoms with Gasteiger partial charge >= 0.3 is 0 Å². The molecular weight excluding hydrogens is 200 g/mol. The van der Waals surface area contributed by atoms with Crippen LogP contribution >= 0.6 is 0 Å². The second-order valence-electron chi connectivity index (χ2n) is 4.16. The number of hydrogen-bond donors (Lipinski definition) is 1. The molecule has 1 aromatic carbocycles. The molecule has 1 aliphatic carbocycles. The third kappa shape index (κ3) is 1.45. The van der Waals surface area contributed by atoms with Crippen molar-refractivity contribution in [1.29, 1.82) is 0 Å². The molecule has 80 valence electrons. The molecular formula is C13H12N2O. The molecule has 3 nitrogen and oxygen atoms in total. The van der Waals surface area contributed by atoms with Crippen molar-refractivity contribution < 1.29 is 4.79 Å². The van der Waals surface area contributed by atoms with Crippen molar-refractivity contribution in [2.24, 2.45) is 0 Å². The van der Waals surface area contributed by atoms with E-state index in [1.54, 1.807) is 12.4 Å². The van der Waals surface area contributed by atoms with Gasteiger partial charge in [0.05, 0.1) is 0 Å². The minimum atomic E-state index is 0.101. The van der Waals surface area contributed by atoms with Crippen LogP contribution in [0.5, 0.6) is 0 Å². The fraction of sp³-hybridized carbons (Fsp3) is 0.231. The molecule has 1 N–H and O–H groups in total. The van der Waals surface area contributed by atoms with Gasteiger partial charge in [0.15, 0.2) is 11.6 Å². The lowest BCUT2D eigenvalue weighted by Crippen LogP contribution is -2.20. The fourth-order valence-corrected chi connectivity index (χ4v) is 2.28. The topological polar surface area (TPSA) is 45.8 Å². The Kier molecular flexibility index (Phi) is 2.10. The largest absolute Gasteiger partial charge is 0.342 e. The zero-order valence-corrected chi connectivity index (χ0v) is 8.81. The lowest BCUT2D eigenvalue weighted by molar-refractivity contribution is 0.0961. The van der Waals surface area contributed by atoms with Crippen molar-refractivity contribution in [3.8, 4) is 0 Å². The molecule has 0 bridgehead atoms. The molecule has 1 aromatic heterocycles. The second kappa shape index (κ2) is 3.59. The Hall–Kier alpha value is -1.90. The molecule has 3 heteroatoms. The van der Waals surface area contributed by atoms with Crippen LogP contribution in [0.4, 0.5) is 0 Å². The van der Waals surface area contributed by atoms with Crippen molar-refractivity contribution in [2.45, 2.75) is 18.8 Å². The molecule has 1 atom stereocenters. The SMILES string of the molecule is O=C(CC1Cc2ccccc21)c1ncc[nH]1. The minimum Gasteiger partial charge on any atom is -0.342 e. The van der Waals surface area contributed by atoms with Gasteiger partial charge in [-0.3, -0.25) is 4.79 Å². The zero-order valence-electron chi connectivity index (χ0n) is 8.81. The van der Waals surface area contributed by atoms with Gasteiger partial charge in [0, 0.05) is 18.8 Å². The summed E-state index contributed by atoms with van der Waals surface area (Å²) in [7, 11) is 0. The van der Waals surface area contributed by atoms with Gasteiger partial charge in [0.2, 0.25) is 0 Å². The Balaban J connectivity index is 1.73. The van der Waals surface area contributed by atoms with Gasteiger partial charge in [0.1, 0.15) is 0 Å². The van der Waals surface area contributed by atoms with Crippen LogP contribution in [0, 0.1) is 0 Å². The van der Waals surface area contributed by atoms with Crippen LogP contribution in [-0.4, -0.2) is 15.8 Å². The Labute approximate surface area is 93.5 Å². The summed E-state index contributed by atoms with van der Waals surface area (Å²) < 4.78 is 0. The van der Waals surface area contributed by atoms with Crippen molar-refractivity contribution >= 4 is 5.78 Å². The number of Topliss-reactive ketones (excluding diaryl/α,β-unsaturated/α-hetero) is 1. The average molecular weight is 212 g/mol. The van der Waals surface area contributed by atoms with E-state index in [0.29, 0.717) is 18.2 Å². The molecule has 0 saturated carbocycles. The van der Waals surface area contributed by atoms with Gasteiger partial charge in [0.25, 0.3) is 0 Å². The highest BCUT2D eigenvalue weighted by atomic mass is 16.1. The average Bonchev–Trinajstić information content (AvgIpc) is 2.79. The Bertz CT molecular complexity index is 516. The van der Waals surface area contributed by atoms with E-state index in [2.05, 4.69) is 22.1 Å². The number of benzene rings is 1. The molecule has 0 spiro atoms. The number of H-pyrrole nitrogens is 1. The van der Waals surface area contributed by atoms with Gasteiger partial charge in [-0.25, -0.2) is 4.98 Å². The normalized spacial score (nSPS) is 17.6. The summed E-state index contributed by atoms with van der Waals surface area (Å²) >= 11 is 0. The molecule has 1 aliphatic rings.